The minimum atomic E-state index is -0.143. The first-order valence-electron chi connectivity index (χ1n) is 10.3. The lowest BCUT2D eigenvalue weighted by Gasteiger charge is -2.33. The monoisotopic (exact) mass is 392 g/mol. The highest BCUT2D eigenvalue weighted by atomic mass is 16.4. The summed E-state index contributed by atoms with van der Waals surface area (Å²) in [5.41, 5.74) is 2.51. The zero-order valence-corrected chi connectivity index (χ0v) is 17.3. The van der Waals surface area contributed by atoms with E-state index in [0.717, 1.165) is 30.7 Å². The van der Waals surface area contributed by atoms with Crippen molar-refractivity contribution in [3.63, 3.8) is 0 Å². The van der Waals surface area contributed by atoms with Crippen molar-refractivity contribution in [1.82, 2.24) is 20.1 Å². The number of rotatable bonds is 4. The van der Waals surface area contributed by atoms with Crippen LogP contribution >= 0.6 is 0 Å². The molecule has 0 aliphatic carbocycles. The van der Waals surface area contributed by atoms with Crippen LogP contribution in [0.5, 0.6) is 0 Å². The Bertz CT molecular complexity index is 968. The summed E-state index contributed by atoms with van der Waals surface area (Å²) in [6.45, 7) is 6.98. The van der Waals surface area contributed by atoms with E-state index < -0.39 is 0 Å². The van der Waals surface area contributed by atoms with Crippen LogP contribution in [0.2, 0.25) is 0 Å². The largest absolute Gasteiger partial charge is 0.443 e. The molecular formula is C23H28N4O2. The van der Waals surface area contributed by atoms with Gasteiger partial charge in [-0.15, -0.1) is 0 Å². The Labute approximate surface area is 171 Å². The number of hydrogen-bond acceptors (Lipinski definition) is 4. The van der Waals surface area contributed by atoms with E-state index in [1.807, 2.05) is 29.2 Å². The van der Waals surface area contributed by atoms with Crippen LogP contribution in [-0.2, 0) is 11.8 Å². The number of H-pyrrole nitrogens is 1. The fourth-order valence-corrected chi connectivity index (χ4v) is 3.75. The Morgan fingerprint density at radius 3 is 2.76 bits per heavy atom. The molecule has 0 radical (unpaired) electrons. The predicted molar refractivity (Wildman–Crippen MR) is 111 cm³/mol. The van der Waals surface area contributed by atoms with Crippen molar-refractivity contribution >= 4 is 5.91 Å². The summed E-state index contributed by atoms with van der Waals surface area (Å²) >= 11 is 0. The summed E-state index contributed by atoms with van der Waals surface area (Å²) < 4.78 is 6.07. The molecule has 6 heteroatoms. The molecule has 152 valence electrons. The molecule has 1 amide bonds. The Kier molecular flexibility index (Phi) is 5.26. The van der Waals surface area contributed by atoms with Gasteiger partial charge in [0.25, 0.3) is 5.91 Å². The second kappa shape index (κ2) is 7.85. The van der Waals surface area contributed by atoms with Gasteiger partial charge in [0, 0.05) is 24.1 Å². The highest BCUT2D eigenvalue weighted by molar-refractivity contribution is 5.92. The number of carbonyl (C=O) groups is 1. The van der Waals surface area contributed by atoms with Crippen molar-refractivity contribution in [2.24, 2.45) is 0 Å². The van der Waals surface area contributed by atoms with Crippen molar-refractivity contribution in [3.8, 4) is 0 Å². The average Bonchev–Trinajstić information content (AvgIpc) is 3.38. The summed E-state index contributed by atoms with van der Waals surface area (Å²) in [7, 11) is 0. The molecule has 6 nitrogen and oxygen atoms in total. The maximum absolute atomic E-state index is 13.2. The van der Waals surface area contributed by atoms with Crippen LogP contribution in [0, 0.1) is 0 Å². The number of amides is 1. The SMILES string of the molecule is CC(C)(C)c1cc(C(=O)N2CCCC[C@H]2c2ncc(Cc3ccccc3)o2)n[nH]1. The number of carbonyl (C=O) groups excluding carboxylic acids is 1. The molecule has 29 heavy (non-hydrogen) atoms. The number of hydrogen-bond donors (Lipinski definition) is 1. The second-order valence-corrected chi connectivity index (χ2v) is 8.75. The van der Waals surface area contributed by atoms with E-state index in [4.69, 9.17) is 4.42 Å². The molecule has 0 saturated carbocycles. The van der Waals surface area contributed by atoms with Crippen molar-refractivity contribution < 1.29 is 9.21 Å². The molecular weight excluding hydrogens is 364 g/mol. The highest BCUT2D eigenvalue weighted by Crippen LogP contribution is 2.32. The van der Waals surface area contributed by atoms with E-state index in [1.165, 1.54) is 5.56 Å². The minimum absolute atomic E-state index is 0.0655. The third kappa shape index (κ3) is 4.26. The number of likely N-dealkylation sites (tertiary alicyclic amines) is 1. The van der Waals surface area contributed by atoms with Gasteiger partial charge in [-0.2, -0.15) is 5.10 Å². The lowest BCUT2D eigenvalue weighted by Crippen LogP contribution is -2.38. The van der Waals surface area contributed by atoms with Gasteiger partial charge >= 0.3 is 0 Å². The molecule has 1 aliphatic heterocycles. The number of oxazole rings is 1. The van der Waals surface area contributed by atoms with E-state index in [1.54, 1.807) is 6.20 Å². The van der Waals surface area contributed by atoms with Gasteiger partial charge in [0.05, 0.1) is 6.20 Å². The molecule has 1 aliphatic rings. The maximum atomic E-state index is 13.2. The number of aromatic amines is 1. The van der Waals surface area contributed by atoms with E-state index >= 15 is 0 Å². The Hall–Kier alpha value is -2.89. The summed E-state index contributed by atoms with van der Waals surface area (Å²) in [5.74, 6) is 1.37. The Morgan fingerprint density at radius 1 is 1.24 bits per heavy atom. The normalized spacial score (nSPS) is 17.5. The van der Waals surface area contributed by atoms with E-state index in [0.29, 0.717) is 24.6 Å². The quantitative estimate of drug-likeness (QED) is 0.701. The van der Waals surface area contributed by atoms with Gasteiger partial charge < -0.3 is 9.32 Å². The van der Waals surface area contributed by atoms with Crippen LogP contribution in [0.4, 0.5) is 0 Å². The van der Waals surface area contributed by atoms with Gasteiger partial charge in [-0.3, -0.25) is 9.89 Å². The Balaban J connectivity index is 1.53. The molecule has 1 saturated heterocycles. The van der Waals surface area contributed by atoms with Crippen LogP contribution in [0.25, 0.3) is 0 Å². The first kappa shape index (κ1) is 19.4. The van der Waals surface area contributed by atoms with Gasteiger partial charge in [0.2, 0.25) is 5.89 Å². The second-order valence-electron chi connectivity index (χ2n) is 8.75. The van der Waals surface area contributed by atoms with Gasteiger partial charge in [-0.25, -0.2) is 4.98 Å². The number of nitrogens with one attached hydrogen (secondary N) is 1. The molecule has 0 spiro atoms. The van der Waals surface area contributed by atoms with Crippen molar-refractivity contribution in [1.29, 1.82) is 0 Å². The van der Waals surface area contributed by atoms with E-state index in [2.05, 4.69) is 48.1 Å². The summed E-state index contributed by atoms with van der Waals surface area (Å²) in [4.78, 5) is 19.6. The van der Waals surface area contributed by atoms with Gasteiger partial charge in [0.1, 0.15) is 17.5 Å². The standard InChI is InChI=1S/C23H28N4O2/c1-23(2,3)20-14-18(25-26-20)22(28)27-12-8-7-11-19(27)21-24-15-17(29-21)13-16-9-5-4-6-10-16/h4-6,9-10,14-15,19H,7-8,11-13H2,1-3H3,(H,25,26)/t19-/m0/s1. The zero-order valence-electron chi connectivity index (χ0n) is 17.3. The molecule has 1 N–H and O–H groups in total. The topological polar surface area (TPSA) is 75.0 Å². The lowest BCUT2D eigenvalue weighted by molar-refractivity contribution is 0.0564. The van der Waals surface area contributed by atoms with Crippen molar-refractivity contribution in [3.05, 3.63) is 71.2 Å². The van der Waals surface area contributed by atoms with Crippen LogP contribution < -0.4 is 0 Å². The summed E-state index contributed by atoms with van der Waals surface area (Å²) in [5, 5.41) is 7.29. The Morgan fingerprint density at radius 2 is 2.03 bits per heavy atom. The minimum Gasteiger partial charge on any atom is -0.443 e. The van der Waals surface area contributed by atoms with E-state index in [-0.39, 0.29) is 17.4 Å². The smallest absolute Gasteiger partial charge is 0.275 e. The number of nitrogens with zero attached hydrogens (tertiary/aromatic N) is 3. The number of piperidine rings is 1. The fraction of sp³-hybridized carbons (Fsp3) is 0.435. The lowest BCUT2D eigenvalue weighted by atomic mass is 9.92. The van der Waals surface area contributed by atoms with Crippen molar-refractivity contribution in [2.75, 3.05) is 6.54 Å². The van der Waals surface area contributed by atoms with E-state index in [9.17, 15) is 4.79 Å². The molecule has 2 aromatic heterocycles. The highest BCUT2D eigenvalue weighted by Gasteiger charge is 2.33. The molecule has 3 aromatic rings. The number of benzene rings is 1. The van der Waals surface area contributed by atoms with Gasteiger partial charge in [-0.1, -0.05) is 51.1 Å². The molecule has 4 rings (SSSR count). The fourth-order valence-electron chi connectivity index (χ4n) is 3.75. The summed E-state index contributed by atoms with van der Waals surface area (Å²) in [6, 6.07) is 11.9. The molecule has 1 aromatic carbocycles. The summed E-state index contributed by atoms with van der Waals surface area (Å²) in [6.07, 6.45) is 5.37. The zero-order chi connectivity index (χ0) is 20.4. The molecule has 0 bridgehead atoms. The van der Waals surface area contributed by atoms with Crippen LogP contribution in [0.15, 0.2) is 47.0 Å². The van der Waals surface area contributed by atoms with Crippen molar-refractivity contribution in [2.45, 2.75) is 57.9 Å². The van der Waals surface area contributed by atoms with Crippen LogP contribution in [0.1, 0.15) is 79.5 Å². The molecule has 1 atom stereocenters. The first-order valence-corrected chi connectivity index (χ1v) is 10.3. The predicted octanol–water partition coefficient (Wildman–Crippen LogP) is 4.65. The molecule has 0 unspecified atom stereocenters. The first-order chi connectivity index (χ1) is 13.9. The average molecular weight is 393 g/mol. The van der Waals surface area contributed by atoms with Crippen LogP contribution in [0.3, 0.4) is 0 Å². The van der Waals surface area contributed by atoms with Crippen LogP contribution in [-0.4, -0.2) is 32.5 Å². The number of aromatic nitrogens is 3. The third-order valence-corrected chi connectivity index (χ3v) is 5.45. The molecule has 3 heterocycles. The molecule has 1 fully saturated rings. The maximum Gasteiger partial charge on any atom is 0.275 e. The third-order valence-electron chi connectivity index (χ3n) is 5.45. The van der Waals surface area contributed by atoms with Gasteiger partial charge in [0.15, 0.2) is 0 Å². The van der Waals surface area contributed by atoms with Gasteiger partial charge in [-0.05, 0) is 30.9 Å².